The topological polar surface area (TPSA) is 55.4 Å². The molecule has 4 nitrogen and oxygen atoms in total. The number of carbonyl (C=O) groups is 2. The predicted octanol–water partition coefficient (Wildman–Crippen LogP) is 4.19. The van der Waals surface area contributed by atoms with Crippen molar-refractivity contribution >= 4 is 27.8 Å². The molecule has 1 N–H and O–H groups in total. The number of ether oxygens (including phenoxy) is 1. The quantitative estimate of drug-likeness (QED) is 0.781. The Balaban J connectivity index is 1.62. The van der Waals surface area contributed by atoms with Crippen molar-refractivity contribution in [2.45, 2.75) is 38.3 Å². The lowest BCUT2D eigenvalue weighted by Crippen LogP contribution is -2.39. The summed E-state index contributed by atoms with van der Waals surface area (Å²) in [7, 11) is 0. The Labute approximate surface area is 155 Å². The van der Waals surface area contributed by atoms with Gasteiger partial charge in [-0.15, -0.1) is 0 Å². The van der Waals surface area contributed by atoms with Gasteiger partial charge in [0.25, 0.3) is 5.91 Å². The van der Waals surface area contributed by atoms with Crippen LogP contribution < -0.4 is 5.32 Å². The summed E-state index contributed by atoms with van der Waals surface area (Å²) in [6, 6.07) is 15.0. The zero-order valence-electron chi connectivity index (χ0n) is 14.0. The highest BCUT2D eigenvalue weighted by Crippen LogP contribution is 2.29. The molecule has 0 fully saturated rings. The second kappa shape index (κ2) is 7.83. The average Bonchev–Trinajstić information content (AvgIpc) is 2.62. The highest BCUT2D eigenvalue weighted by Gasteiger charge is 2.25. The number of halogens is 1. The lowest BCUT2D eigenvalue weighted by molar-refractivity contribution is -0.130. The molecule has 3 rings (SSSR count). The molecule has 0 saturated carbocycles. The van der Waals surface area contributed by atoms with E-state index in [1.165, 1.54) is 5.56 Å². The van der Waals surface area contributed by atoms with Gasteiger partial charge in [-0.05, 0) is 61.6 Å². The van der Waals surface area contributed by atoms with Gasteiger partial charge in [-0.25, -0.2) is 4.79 Å². The molecule has 5 heteroatoms. The van der Waals surface area contributed by atoms with E-state index in [1.807, 2.05) is 12.1 Å². The number of esters is 1. The van der Waals surface area contributed by atoms with Crippen molar-refractivity contribution in [3.63, 3.8) is 0 Å². The number of hydrogen-bond donors (Lipinski definition) is 1. The van der Waals surface area contributed by atoms with E-state index >= 15 is 0 Å². The van der Waals surface area contributed by atoms with Crippen molar-refractivity contribution in [2.24, 2.45) is 0 Å². The largest absolute Gasteiger partial charge is 0.449 e. The second-order valence-electron chi connectivity index (χ2n) is 6.21. The Bertz CT molecular complexity index is 773. The van der Waals surface area contributed by atoms with Crippen LogP contribution in [0.5, 0.6) is 0 Å². The Morgan fingerprint density at radius 3 is 2.64 bits per heavy atom. The Morgan fingerprint density at radius 1 is 1.16 bits per heavy atom. The zero-order valence-corrected chi connectivity index (χ0v) is 15.6. The van der Waals surface area contributed by atoms with Crippen LogP contribution in [0.2, 0.25) is 0 Å². The molecule has 0 heterocycles. The molecule has 0 bridgehead atoms. The monoisotopic (exact) mass is 401 g/mol. The minimum Gasteiger partial charge on any atom is -0.449 e. The third-order valence-electron chi connectivity index (χ3n) is 4.42. The standard InChI is InChI=1S/C20H20BrNO3/c1-13(25-20(24)15-9-11-16(21)12-10-15)19(23)22-18-8-4-6-14-5-2-3-7-17(14)18/h2-3,5,7,9-13,18H,4,6,8H2,1H3,(H,22,23)/t13-,18-/m1/s1. The molecule has 130 valence electrons. The maximum atomic E-state index is 12.4. The van der Waals surface area contributed by atoms with E-state index in [1.54, 1.807) is 31.2 Å². The third kappa shape index (κ3) is 4.28. The van der Waals surface area contributed by atoms with E-state index in [9.17, 15) is 9.59 Å². The minimum atomic E-state index is -0.842. The first-order valence-electron chi connectivity index (χ1n) is 8.39. The van der Waals surface area contributed by atoms with Crippen LogP contribution in [-0.2, 0) is 16.0 Å². The fourth-order valence-corrected chi connectivity index (χ4v) is 3.33. The van der Waals surface area contributed by atoms with Gasteiger partial charge >= 0.3 is 5.97 Å². The van der Waals surface area contributed by atoms with E-state index in [4.69, 9.17) is 4.74 Å². The summed E-state index contributed by atoms with van der Waals surface area (Å²) in [6.45, 7) is 1.60. The van der Waals surface area contributed by atoms with Crippen molar-refractivity contribution in [2.75, 3.05) is 0 Å². The van der Waals surface area contributed by atoms with Crippen LogP contribution in [0.1, 0.15) is 47.3 Å². The van der Waals surface area contributed by atoms with Crippen LogP contribution in [0.25, 0.3) is 0 Å². The number of nitrogens with one attached hydrogen (secondary N) is 1. The maximum absolute atomic E-state index is 12.4. The van der Waals surface area contributed by atoms with Gasteiger partial charge in [-0.2, -0.15) is 0 Å². The average molecular weight is 402 g/mol. The number of amides is 1. The first kappa shape index (κ1) is 17.7. The van der Waals surface area contributed by atoms with Crippen LogP contribution in [0.15, 0.2) is 53.0 Å². The van der Waals surface area contributed by atoms with Gasteiger partial charge in [0.1, 0.15) is 0 Å². The van der Waals surface area contributed by atoms with Crippen LogP contribution in [-0.4, -0.2) is 18.0 Å². The van der Waals surface area contributed by atoms with Crippen LogP contribution in [0, 0.1) is 0 Å². The molecule has 1 aliphatic carbocycles. The lowest BCUT2D eigenvalue weighted by atomic mass is 9.87. The smallest absolute Gasteiger partial charge is 0.338 e. The Hall–Kier alpha value is -2.14. The number of hydrogen-bond acceptors (Lipinski definition) is 3. The van der Waals surface area contributed by atoms with Crippen molar-refractivity contribution in [3.8, 4) is 0 Å². The predicted molar refractivity (Wildman–Crippen MR) is 99.3 cm³/mol. The van der Waals surface area contributed by atoms with Crippen LogP contribution in [0.4, 0.5) is 0 Å². The van der Waals surface area contributed by atoms with E-state index in [-0.39, 0.29) is 11.9 Å². The fraction of sp³-hybridized carbons (Fsp3) is 0.300. The summed E-state index contributed by atoms with van der Waals surface area (Å²) in [5.41, 5.74) is 2.86. The van der Waals surface area contributed by atoms with Gasteiger partial charge in [-0.3, -0.25) is 4.79 Å². The van der Waals surface area contributed by atoms with E-state index in [2.05, 4.69) is 33.4 Å². The first-order valence-corrected chi connectivity index (χ1v) is 9.18. The zero-order chi connectivity index (χ0) is 17.8. The highest BCUT2D eigenvalue weighted by atomic mass is 79.9. The summed E-state index contributed by atoms with van der Waals surface area (Å²) < 4.78 is 6.18. The summed E-state index contributed by atoms with van der Waals surface area (Å²) in [5.74, 6) is -0.772. The summed E-state index contributed by atoms with van der Waals surface area (Å²) in [6.07, 6.45) is 2.13. The lowest BCUT2D eigenvalue weighted by Gasteiger charge is -2.27. The summed E-state index contributed by atoms with van der Waals surface area (Å²) >= 11 is 3.32. The van der Waals surface area contributed by atoms with Gasteiger partial charge < -0.3 is 10.1 Å². The molecule has 1 aliphatic rings. The second-order valence-corrected chi connectivity index (χ2v) is 7.12. The van der Waals surface area contributed by atoms with Crippen LogP contribution >= 0.6 is 15.9 Å². The van der Waals surface area contributed by atoms with E-state index in [0.717, 1.165) is 29.3 Å². The molecule has 0 unspecified atom stereocenters. The molecule has 0 aliphatic heterocycles. The highest BCUT2D eigenvalue weighted by molar-refractivity contribution is 9.10. The molecular weight excluding hydrogens is 382 g/mol. The van der Waals surface area contributed by atoms with Gasteiger partial charge in [0.15, 0.2) is 6.10 Å². The molecule has 1 amide bonds. The molecule has 0 spiro atoms. The molecular formula is C20H20BrNO3. The number of rotatable bonds is 4. The first-order chi connectivity index (χ1) is 12.0. The summed E-state index contributed by atoms with van der Waals surface area (Å²) in [5, 5.41) is 3.02. The van der Waals surface area contributed by atoms with Gasteiger partial charge in [-0.1, -0.05) is 40.2 Å². The SMILES string of the molecule is C[C@@H](OC(=O)c1ccc(Br)cc1)C(=O)N[C@@H]1CCCc2ccccc21. The van der Waals surface area contributed by atoms with Crippen LogP contribution in [0.3, 0.4) is 0 Å². The van der Waals surface area contributed by atoms with Crippen molar-refractivity contribution < 1.29 is 14.3 Å². The fourth-order valence-electron chi connectivity index (χ4n) is 3.06. The Kier molecular flexibility index (Phi) is 5.53. The van der Waals surface area contributed by atoms with Crippen molar-refractivity contribution in [3.05, 3.63) is 69.7 Å². The number of carbonyl (C=O) groups excluding carboxylic acids is 2. The molecule has 2 aromatic carbocycles. The molecule has 0 saturated heterocycles. The molecule has 25 heavy (non-hydrogen) atoms. The number of aryl methyl sites for hydroxylation is 1. The van der Waals surface area contributed by atoms with E-state index < -0.39 is 12.1 Å². The van der Waals surface area contributed by atoms with E-state index in [0.29, 0.717) is 5.56 Å². The van der Waals surface area contributed by atoms with Gasteiger partial charge in [0, 0.05) is 4.47 Å². The van der Waals surface area contributed by atoms with Gasteiger partial charge in [0.2, 0.25) is 0 Å². The molecule has 2 atom stereocenters. The van der Waals surface area contributed by atoms with Crippen molar-refractivity contribution in [1.82, 2.24) is 5.32 Å². The molecule has 0 aromatic heterocycles. The third-order valence-corrected chi connectivity index (χ3v) is 4.95. The van der Waals surface area contributed by atoms with Gasteiger partial charge in [0.05, 0.1) is 11.6 Å². The molecule has 2 aromatic rings. The number of benzene rings is 2. The minimum absolute atomic E-state index is 0.0220. The Morgan fingerprint density at radius 2 is 1.88 bits per heavy atom. The normalized spacial score (nSPS) is 17.3. The number of fused-ring (bicyclic) bond motifs is 1. The maximum Gasteiger partial charge on any atom is 0.338 e. The molecule has 0 radical (unpaired) electrons. The summed E-state index contributed by atoms with van der Waals surface area (Å²) in [4.78, 5) is 24.6. The van der Waals surface area contributed by atoms with Crippen molar-refractivity contribution in [1.29, 1.82) is 0 Å².